The summed E-state index contributed by atoms with van der Waals surface area (Å²) in [5, 5.41) is 22.0. The van der Waals surface area contributed by atoms with Crippen LogP contribution in [0.25, 0.3) is 21.9 Å². The molecule has 0 fully saturated rings. The van der Waals surface area contributed by atoms with Crippen LogP contribution in [0.15, 0.2) is 63.8 Å². The van der Waals surface area contributed by atoms with E-state index in [-0.39, 0.29) is 21.9 Å². The minimum absolute atomic E-state index is 0.0664. The number of benzene rings is 2. The van der Waals surface area contributed by atoms with Crippen molar-refractivity contribution >= 4 is 59.8 Å². The number of methoxy groups -OCH3 is 1. The van der Waals surface area contributed by atoms with E-state index >= 15 is 0 Å². The van der Waals surface area contributed by atoms with Crippen molar-refractivity contribution in [3.63, 3.8) is 0 Å². The fourth-order valence-electron chi connectivity index (χ4n) is 3.35. The Morgan fingerprint density at radius 1 is 0.871 bits per heavy atom. The molecule has 0 radical (unpaired) electrons. The molecular formula is C21H12Br2O8. The van der Waals surface area contributed by atoms with E-state index in [2.05, 4.69) is 31.9 Å². The topological polar surface area (TPSA) is 127 Å². The fourth-order valence-corrected chi connectivity index (χ4v) is 4.07. The van der Waals surface area contributed by atoms with Crippen molar-refractivity contribution in [1.29, 1.82) is 0 Å². The molecule has 8 nitrogen and oxygen atoms in total. The van der Waals surface area contributed by atoms with Gasteiger partial charge in [-0.1, -0.05) is 31.9 Å². The lowest BCUT2D eigenvalue weighted by Gasteiger charge is -2.17. The van der Waals surface area contributed by atoms with E-state index in [9.17, 15) is 24.6 Å². The molecule has 2 aromatic carbocycles. The van der Waals surface area contributed by atoms with Crippen LogP contribution in [0.3, 0.4) is 0 Å². The Hall–Kier alpha value is -3.11. The van der Waals surface area contributed by atoms with E-state index in [0.29, 0.717) is 8.95 Å². The van der Waals surface area contributed by atoms with Crippen molar-refractivity contribution in [3.8, 4) is 11.5 Å². The van der Waals surface area contributed by atoms with Gasteiger partial charge in [0.15, 0.2) is 0 Å². The number of hydrogen-bond donors (Lipinski definition) is 2. The zero-order valence-corrected chi connectivity index (χ0v) is 18.8. The Balaban J connectivity index is 2.11. The van der Waals surface area contributed by atoms with E-state index in [4.69, 9.17) is 13.6 Å². The number of esters is 1. The van der Waals surface area contributed by atoms with Gasteiger partial charge in [-0.15, -0.1) is 0 Å². The molecule has 10 heteroatoms. The van der Waals surface area contributed by atoms with E-state index in [1.807, 2.05) is 0 Å². The molecule has 0 spiro atoms. The number of carbonyl (C=O) groups is 1. The van der Waals surface area contributed by atoms with Gasteiger partial charge in [0, 0.05) is 8.95 Å². The van der Waals surface area contributed by atoms with Gasteiger partial charge >= 0.3 is 17.2 Å². The highest BCUT2D eigenvalue weighted by atomic mass is 79.9. The van der Waals surface area contributed by atoms with Crippen molar-refractivity contribution in [2.24, 2.45) is 0 Å². The van der Waals surface area contributed by atoms with E-state index in [1.54, 1.807) is 12.1 Å². The summed E-state index contributed by atoms with van der Waals surface area (Å²) in [6.07, 6.45) is 0. The molecular weight excluding hydrogens is 540 g/mol. The number of fused-ring (bicyclic) bond motifs is 2. The Bertz CT molecular complexity index is 1380. The molecule has 0 aliphatic carbocycles. The highest BCUT2D eigenvalue weighted by Gasteiger charge is 2.37. The van der Waals surface area contributed by atoms with Crippen molar-refractivity contribution in [2.45, 2.75) is 5.92 Å². The first-order valence-electron chi connectivity index (χ1n) is 8.71. The number of halogens is 2. The highest BCUT2D eigenvalue weighted by Crippen LogP contribution is 2.40. The van der Waals surface area contributed by atoms with Crippen LogP contribution in [0.1, 0.15) is 17.0 Å². The third-order valence-corrected chi connectivity index (χ3v) is 5.75. The lowest BCUT2D eigenvalue weighted by molar-refractivity contribution is -0.141. The maximum Gasteiger partial charge on any atom is 0.344 e. The maximum absolute atomic E-state index is 12.7. The molecule has 31 heavy (non-hydrogen) atoms. The second kappa shape index (κ2) is 7.86. The molecule has 4 aromatic rings. The second-order valence-corrected chi connectivity index (χ2v) is 8.37. The van der Waals surface area contributed by atoms with Crippen LogP contribution in [0.2, 0.25) is 0 Å². The third-order valence-electron chi connectivity index (χ3n) is 4.76. The van der Waals surface area contributed by atoms with Gasteiger partial charge in [0.25, 0.3) is 0 Å². The molecule has 158 valence electrons. The van der Waals surface area contributed by atoms with Crippen LogP contribution in [0.5, 0.6) is 11.5 Å². The quantitative estimate of drug-likeness (QED) is 0.287. The van der Waals surface area contributed by atoms with Crippen LogP contribution in [-0.2, 0) is 9.53 Å². The van der Waals surface area contributed by atoms with Crippen LogP contribution < -0.4 is 11.3 Å². The van der Waals surface area contributed by atoms with Gasteiger partial charge in [0.2, 0.25) is 0 Å². The van der Waals surface area contributed by atoms with Crippen LogP contribution in [-0.4, -0.2) is 23.3 Å². The molecule has 0 aliphatic heterocycles. The normalized spacial score (nSPS) is 11.4. The van der Waals surface area contributed by atoms with E-state index < -0.39 is 45.8 Å². The molecule has 4 rings (SSSR count). The van der Waals surface area contributed by atoms with Gasteiger partial charge in [-0.2, -0.15) is 0 Å². The smallest absolute Gasteiger partial charge is 0.344 e. The van der Waals surface area contributed by atoms with Crippen molar-refractivity contribution in [2.75, 3.05) is 7.11 Å². The molecule has 0 aliphatic rings. The summed E-state index contributed by atoms with van der Waals surface area (Å²) in [7, 11) is 1.04. The molecule has 2 heterocycles. The largest absolute Gasteiger partial charge is 0.507 e. The minimum Gasteiger partial charge on any atom is -0.507 e. The minimum atomic E-state index is -1.80. The Labute approximate surface area is 189 Å². The molecule has 0 unspecified atom stereocenters. The number of carbonyl (C=O) groups excluding carboxylic acids is 1. The Morgan fingerprint density at radius 2 is 1.29 bits per heavy atom. The maximum atomic E-state index is 12.7. The highest BCUT2D eigenvalue weighted by molar-refractivity contribution is 9.10. The predicted molar refractivity (Wildman–Crippen MR) is 118 cm³/mol. The standard InChI is InChI=1S/C21H12Br2O8/c1-29-19(26)14(15-17(24)10-6-8(22)2-4-12(10)30-20(15)27)16-18(25)11-7-9(23)3-5-13(11)31-21(16)28/h2-7,14,24-25H,1H3. The number of hydrogen-bond acceptors (Lipinski definition) is 8. The molecule has 2 N–H and O–H groups in total. The second-order valence-electron chi connectivity index (χ2n) is 6.54. The summed E-state index contributed by atoms with van der Waals surface area (Å²) in [5.41, 5.74) is -3.14. The third kappa shape index (κ3) is 3.51. The van der Waals surface area contributed by atoms with Crippen LogP contribution in [0, 0.1) is 0 Å². The van der Waals surface area contributed by atoms with Crippen LogP contribution >= 0.6 is 31.9 Å². The lowest BCUT2D eigenvalue weighted by atomic mass is 9.90. The average Bonchev–Trinajstić information content (AvgIpc) is 2.73. The molecule has 0 saturated heterocycles. The van der Waals surface area contributed by atoms with Crippen molar-refractivity contribution < 1.29 is 28.6 Å². The van der Waals surface area contributed by atoms with Gasteiger partial charge in [-0.25, -0.2) is 9.59 Å². The van der Waals surface area contributed by atoms with Crippen LogP contribution in [0.4, 0.5) is 0 Å². The van der Waals surface area contributed by atoms with Gasteiger partial charge < -0.3 is 23.8 Å². The number of ether oxygens (including phenoxy) is 1. The first-order chi connectivity index (χ1) is 14.7. The summed E-state index contributed by atoms with van der Waals surface area (Å²) < 4.78 is 16.4. The van der Waals surface area contributed by atoms with Gasteiger partial charge in [0.1, 0.15) is 28.6 Å². The zero-order chi connectivity index (χ0) is 22.4. The zero-order valence-electron chi connectivity index (χ0n) is 15.6. The Morgan fingerprint density at radius 3 is 1.68 bits per heavy atom. The molecule has 0 bridgehead atoms. The van der Waals surface area contributed by atoms with Crippen molar-refractivity contribution in [1.82, 2.24) is 0 Å². The number of aromatic hydroxyl groups is 2. The van der Waals surface area contributed by atoms with Gasteiger partial charge in [-0.3, -0.25) is 4.79 Å². The molecule has 0 atom stereocenters. The summed E-state index contributed by atoms with van der Waals surface area (Å²) >= 11 is 6.52. The molecule has 2 aromatic heterocycles. The monoisotopic (exact) mass is 550 g/mol. The molecule has 0 saturated carbocycles. The summed E-state index contributed by atoms with van der Waals surface area (Å²) in [4.78, 5) is 38.2. The average molecular weight is 552 g/mol. The first kappa shape index (κ1) is 21.1. The summed E-state index contributed by atoms with van der Waals surface area (Å²) in [6, 6.07) is 9.07. The first-order valence-corrected chi connectivity index (χ1v) is 10.3. The lowest BCUT2D eigenvalue weighted by Crippen LogP contribution is -2.27. The summed E-state index contributed by atoms with van der Waals surface area (Å²) in [5.74, 6) is -4.05. The number of rotatable bonds is 3. The van der Waals surface area contributed by atoms with Gasteiger partial charge in [-0.05, 0) is 36.4 Å². The van der Waals surface area contributed by atoms with E-state index in [0.717, 1.165) is 7.11 Å². The predicted octanol–water partition coefficient (Wildman–Crippen LogP) is 4.14. The van der Waals surface area contributed by atoms with E-state index in [1.165, 1.54) is 24.3 Å². The van der Waals surface area contributed by atoms with Crippen molar-refractivity contribution in [3.05, 3.63) is 77.3 Å². The van der Waals surface area contributed by atoms with Gasteiger partial charge in [0.05, 0.1) is 29.0 Å². The summed E-state index contributed by atoms with van der Waals surface area (Å²) in [6.45, 7) is 0. The fraction of sp³-hybridized carbons (Fsp3) is 0.0952. The SMILES string of the molecule is COC(=O)C(c1c(O)c2cc(Br)ccc2oc1=O)c1c(O)c2cc(Br)ccc2oc1=O. The Kier molecular flexibility index (Phi) is 5.36. The molecule has 0 amide bonds.